The number of halogens is 3. The molecule has 0 heterocycles. The van der Waals surface area contributed by atoms with Crippen LogP contribution >= 0.6 is 34.8 Å². The van der Waals surface area contributed by atoms with Crippen LogP contribution < -0.4 is 9.62 Å². The molecule has 0 saturated carbocycles. The minimum atomic E-state index is -4.17. The monoisotopic (exact) mass is 623 g/mol. The van der Waals surface area contributed by atoms with E-state index in [1.54, 1.807) is 68.4 Å². The van der Waals surface area contributed by atoms with Crippen molar-refractivity contribution < 1.29 is 18.0 Å². The van der Waals surface area contributed by atoms with Gasteiger partial charge in [0.1, 0.15) is 12.6 Å². The topological polar surface area (TPSA) is 86.8 Å². The van der Waals surface area contributed by atoms with Crippen LogP contribution in [0.15, 0.2) is 71.6 Å². The molecule has 0 aromatic heterocycles. The normalized spacial score (nSPS) is 12.1. The Balaban J connectivity index is 2.09. The Kier molecular flexibility index (Phi) is 11.3. The Morgan fingerprint density at radius 1 is 0.925 bits per heavy atom. The third-order valence-electron chi connectivity index (χ3n) is 6.31. The average Bonchev–Trinajstić information content (AvgIpc) is 2.93. The summed E-state index contributed by atoms with van der Waals surface area (Å²) >= 11 is 18.5. The summed E-state index contributed by atoms with van der Waals surface area (Å²) in [6.07, 6.45) is 1.04. The molecule has 0 fully saturated rings. The van der Waals surface area contributed by atoms with Crippen molar-refractivity contribution >= 4 is 62.3 Å². The summed E-state index contributed by atoms with van der Waals surface area (Å²) in [5.74, 6) is -0.878. The van der Waals surface area contributed by atoms with E-state index in [2.05, 4.69) is 5.32 Å². The minimum absolute atomic E-state index is 0.0204. The molecule has 0 aliphatic carbocycles. The third-order valence-corrected chi connectivity index (χ3v) is 9.06. The second-order valence-electron chi connectivity index (χ2n) is 9.24. The van der Waals surface area contributed by atoms with E-state index in [1.807, 2.05) is 6.92 Å². The fraction of sp³-hybridized carbons (Fsp3) is 0.310. The van der Waals surface area contributed by atoms with Gasteiger partial charge in [-0.2, -0.15) is 0 Å². The lowest BCUT2D eigenvalue weighted by atomic mass is 10.1. The van der Waals surface area contributed by atoms with Gasteiger partial charge in [0.2, 0.25) is 11.8 Å². The van der Waals surface area contributed by atoms with Gasteiger partial charge in [-0.1, -0.05) is 72.9 Å². The molecule has 0 spiro atoms. The van der Waals surface area contributed by atoms with Gasteiger partial charge < -0.3 is 10.2 Å². The van der Waals surface area contributed by atoms with Crippen LogP contribution in [0.2, 0.25) is 15.1 Å². The summed E-state index contributed by atoms with van der Waals surface area (Å²) < 4.78 is 28.9. The fourth-order valence-corrected chi connectivity index (χ4v) is 6.30. The molecule has 40 heavy (non-hydrogen) atoms. The van der Waals surface area contributed by atoms with Crippen molar-refractivity contribution in [1.82, 2.24) is 10.2 Å². The van der Waals surface area contributed by atoms with Crippen molar-refractivity contribution in [3.05, 3.63) is 92.9 Å². The molecule has 3 aromatic carbocycles. The number of carbonyl (C=O) groups is 2. The van der Waals surface area contributed by atoms with Crippen LogP contribution in [-0.4, -0.2) is 44.3 Å². The second-order valence-corrected chi connectivity index (χ2v) is 12.4. The largest absolute Gasteiger partial charge is 0.354 e. The lowest BCUT2D eigenvalue weighted by molar-refractivity contribution is -0.140. The number of aryl methyl sites for hydroxylation is 1. The predicted octanol–water partition coefficient (Wildman–Crippen LogP) is 6.48. The summed E-state index contributed by atoms with van der Waals surface area (Å²) in [4.78, 5) is 28.7. The highest BCUT2D eigenvalue weighted by Crippen LogP contribution is 2.30. The van der Waals surface area contributed by atoms with E-state index in [0.717, 1.165) is 10.7 Å². The molecule has 7 nitrogen and oxygen atoms in total. The molecule has 0 radical (unpaired) electrons. The van der Waals surface area contributed by atoms with Crippen molar-refractivity contribution in [1.29, 1.82) is 0 Å². The van der Waals surface area contributed by atoms with E-state index in [0.29, 0.717) is 44.8 Å². The van der Waals surface area contributed by atoms with Crippen molar-refractivity contribution in [3.8, 4) is 0 Å². The Morgan fingerprint density at radius 2 is 1.62 bits per heavy atom. The smallest absolute Gasteiger partial charge is 0.264 e. The average molecular weight is 625 g/mol. The van der Waals surface area contributed by atoms with Gasteiger partial charge in [0.15, 0.2) is 0 Å². The Bertz CT molecular complexity index is 1450. The van der Waals surface area contributed by atoms with Crippen LogP contribution in [0, 0.1) is 6.92 Å². The van der Waals surface area contributed by atoms with Gasteiger partial charge in [0.25, 0.3) is 10.0 Å². The highest BCUT2D eigenvalue weighted by Gasteiger charge is 2.34. The molecule has 3 rings (SSSR count). The molecule has 214 valence electrons. The predicted molar refractivity (Wildman–Crippen MR) is 162 cm³/mol. The first kappa shape index (κ1) is 31.7. The number of hydrogen-bond donors (Lipinski definition) is 1. The quantitative estimate of drug-likeness (QED) is 0.250. The van der Waals surface area contributed by atoms with E-state index < -0.39 is 28.5 Å². The van der Waals surface area contributed by atoms with Crippen LogP contribution in [-0.2, 0) is 26.2 Å². The van der Waals surface area contributed by atoms with Crippen LogP contribution in [0.1, 0.15) is 37.8 Å². The summed E-state index contributed by atoms with van der Waals surface area (Å²) in [5.41, 5.74) is 1.52. The van der Waals surface area contributed by atoms with Crippen LogP contribution in [0.3, 0.4) is 0 Å². The first-order valence-electron chi connectivity index (χ1n) is 12.8. The standard InChI is InChI=1S/C29H32Cl3N3O4S/c1-4-15-33-29(37)26(5-2)34(18-21-11-13-24(31)25(32)17-21)28(36)19-35(27-14-12-22(30)16-20(27)3)40(38,39)23-9-7-6-8-10-23/h6-14,16-17,26H,4-5,15,18-19H2,1-3H3,(H,33,37)/t26-/m1/s1. The van der Waals surface area contributed by atoms with Crippen molar-refractivity contribution in [2.75, 3.05) is 17.4 Å². The zero-order valence-electron chi connectivity index (χ0n) is 22.5. The molecule has 3 aromatic rings. The number of benzene rings is 3. The first-order valence-corrected chi connectivity index (χ1v) is 15.4. The Hall–Kier alpha value is -2.78. The molecule has 0 aliphatic rings. The maximum Gasteiger partial charge on any atom is 0.264 e. The van der Waals surface area contributed by atoms with Gasteiger partial charge in [-0.25, -0.2) is 8.42 Å². The molecule has 0 aliphatic heterocycles. The van der Waals surface area contributed by atoms with Crippen molar-refractivity contribution in [2.24, 2.45) is 0 Å². The highest BCUT2D eigenvalue weighted by atomic mass is 35.5. The van der Waals surface area contributed by atoms with Gasteiger partial charge in [-0.05, 0) is 73.4 Å². The molecule has 1 N–H and O–H groups in total. The zero-order chi connectivity index (χ0) is 29.4. The lowest BCUT2D eigenvalue weighted by Gasteiger charge is -2.33. The number of hydrogen-bond acceptors (Lipinski definition) is 4. The van der Waals surface area contributed by atoms with E-state index in [9.17, 15) is 18.0 Å². The van der Waals surface area contributed by atoms with Gasteiger partial charge in [-0.3, -0.25) is 13.9 Å². The van der Waals surface area contributed by atoms with Crippen molar-refractivity contribution in [3.63, 3.8) is 0 Å². The lowest BCUT2D eigenvalue weighted by Crippen LogP contribution is -2.52. The number of rotatable bonds is 12. The van der Waals surface area contributed by atoms with Crippen molar-refractivity contribution in [2.45, 2.75) is 51.1 Å². The van der Waals surface area contributed by atoms with E-state index in [-0.39, 0.29) is 17.3 Å². The van der Waals surface area contributed by atoms with Gasteiger partial charge in [-0.15, -0.1) is 0 Å². The number of amides is 2. The number of nitrogens with zero attached hydrogens (tertiary/aromatic N) is 2. The number of carbonyl (C=O) groups excluding carboxylic acids is 2. The molecule has 11 heteroatoms. The maximum absolute atomic E-state index is 14.1. The number of nitrogens with one attached hydrogen (secondary N) is 1. The van der Waals surface area contributed by atoms with E-state index in [1.165, 1.54) is 17.0 Å². The van der Waals surface area contributed by atoms with Gasteiger partial charge >= 0.3 is 0 Å². The summed E-state index contributed by atoms with van der Waals surface area (Å²) in [7, 11) is -4.17. The van der Waals surface area contributed by atoms with Crippen LogP contribution in [0.25, 0.3) is 0 Å². The maximum atomic E-state index is 14.1. The number of anilines is 1. The number of sulfonamides is 1. The van der Waals surface area contributed by atoms with Gasteiger partial charge in [0.05, 0.1) is 20.6 Å². The van der Waals surface area contributed by atoms with E-state index >= 15 is 0 Å². The molecule has 0 saturated heterocycles. The van der Waals surface area contributed by atoms with E-state index in [4.69, 9.17) is 34.8 Å². The molecule has 2 amide bonds. The minimum Gasteiger partial charge on any atom is -0.354 e. The Morgan fingerprint density at radius 3 is 2.23 bits per heavy atom. The fourth-order valence-electron chi connectivity index (χ4n) is 4.25. The second kappa shape index (κ2) is 14.2. The molecule has 0 unspecified atom stereocenters. The summed E-state index contributed by atoms with van der Waals surface area (Å²) in [5, 5.41) is 3.95. The molecule has 0 bridgehead atoms. The summed E-state index contributed by atoms with van der Waals surface area (Å²) in [6, 6.07) is 16.8. The highest BCUT2D eigenvalue weighted by molar-refractivity contribution is 7.92. The molecular formula is C29H32Cl3N3O4S. The van der Waals surface area contributed by atoms with Crippen LogP contribution in [0.5, 0.6) is 0 Å². The first-order chi connectivity index (χ1) is 19.0. The SMILES string of the molecule is CCCNC(=O)[C@@H](CC)N(Cc1ccc(Cl)c(Cl)c1)C(=O)CN(c1ccc(Cl)cc1C)S(=O)(=O)c1ccccc1. The third kappa shape index (κ3) is 7.69. The van der Waals surface area contributed by atoms with Gasteiger partial charge in [0, 0.05) is 18.1 Å². The summed E-state index contributed by atoms with van der Waals surface area (Å²) in [6.45, 7) is 5.38. The Labute approximate surface area is 251 Å². The molecular weight excluding hydrogens is 593 g/mol. The zero-order valence-corrected chi connectivity index (χ0v) is 25.6. The van der Waals surface area contributed by atoms with Crippen LogP contribution in [0.4, 0.5) is 5.69 Å². The molecule has 1 atom stereocenters.